The first-order valence-corrected chi connectivity index (χ1v) is 9.27. The van der Waals surface area contributed by atoms with Gasteiger partial charge in [0.2, 0.25) is 0 Å². The highest BCUT2D eigenvalue weighted by atomic mass is 32.2. The Labute approximate surface area is 148 Å². The van der Waals surface area contributed by atoms with Gasteiger partial charge in [0.1, 0.15) is 5.75 Å². The predicted octanol–water partition coefficient (Wildman–Crippen LogP) is 4.37. The molecule has 128 valence electrons. The normalized spacial score (nSPS) is 11.8. The van der Waals surface area contributed by atoms with E-state index in [9.17, 15) is 4.79 Å². The Bertz CT molecular complexity index is 638. The van der Waals surface area contributed by atoms with E-state index < -0.39 is 6.10 Å². The summed E-state index contributed by atoms with van der Waals surface area (Å²) in [7, 11) is 0. The Morgan fingerprint density at radius 1 is 1.12 bits per heavy atom. The molecule has 0 fully saturated rings. The second-order valence-corrected chi connectivity index (χ2v) is 6.96. The maximum atomic E-state index is 12.3. The van der Waals surface area contributed by atoms with Crippen molar-refractivity contribution < 1.29 is 9.53 Å². The van der Waals surface area contributed by atoms with Gasteiger partial charge in [-0.05, 0) is 55.7 Å². The van der Waals surface area contributed by atoms with Gasteiger partial charge in [0, 0.05) is 17.2 Å². The molecule has 0 unspecified atom stereocenters. The lowest BCUT2D eigenvalue weighted by molar-refractivity contribution is -0.127. The summed E-state index contributed by atoms with van der Waals surface area (Å²) in [6, 6.07) is 16.2. The SMILES string of the molecule is CC[C@@H](Oc1cc(C)cc(C)c1)C(=O)NCCSc1ccccc1. The number of rotatable bonds is 8. The van der Waals surface area contributed by atoms with E-state index >= 15 is 0 Å². The quantitative estimate of drug-likeness (QED) is 0.571. The largest absolute Gasteiger partial charge is 0.481 e. The van der Waals surface area contributed by atoms with Crippen LogP contribution in [-0.2, 0) is 4.79 Å². The van der Waals surface area contributed by atoms with Crippen molar-refractivity contribution in [3.63, 3.8) is 0 Å². The van der Waals surface area contributed by atoms with Crippen molar-refractivity contribution in [2.45, 2.75) is 38.2 Å². The highest BCUT2D eigenvalue weighted by Crippen LogP contribution is 2.19. The fourth-order valence-corrected chi connectivity index (χ4v) is 3.25. The number of benzene rings is 2. The van der Waals surface area contributed by atoms with Crippen molar-refractivity contribution >= 4 is 17.7 Å². The molecule has 0 aliphatic heterocycles. The number of ether oxygens (including phenoxy) is 1. The Morgan fingerprint density at radius 2 is 1.79 bits per heavy atom. The topological polar surface area (TPSA) is 38.3 Å². The highest BCUT2D eigenvalue weighted by molar-refractivity contribution is 7.99. The molecule has 4 heteroatoms. The zero-order valence-electron chi connectivity index (χ0n) is 14.5. The van der Waals surface area contributed by atoms with Crippen LogP contribution in [0.3, 0.4) is 0 Å². The minimum atomic E-state index is -0.451. The summed E-state index contributed by atoms with van der Waals surface area (Å²) in [6.07, 6.45) is 0.193. The van der Waals surface area contributed by atoms with Gasteiger partial charge in [-0.15, -0.1) is 11.8 Å². The molecule has 0 saturated heterocycles. The van der Waals surface area contributed by atoms with Crippen molar-refractivity contribution in [1.29, 1.82) is 0 Å². The summed E-state index contributed by atoms with van der Waals surface area (Å²) in [6.45, 7) is 6.65. The highest BCUT2D eigenvalue weighted by Gasteiger charge is 2.18. The van der Waals surface area contributed by atoms with Crippen LogP contribution in [0.25, 0.3) is 0 Å². The Morgan fingerprint density at radius 3 is 2.42 bits per heavy atom. The van der Waals surface area contributed by atoms with Gasteiger partial charge in [0.15, 0.2) is 6.10 Å². The summed E-state index contributed by atoms with van der Waals surface area (Å²) >= 11 is 1.73. The number of hydrogen-bond acceptors (Lipinski definition) is 3. The van der Waals surface area contributed by atoms with Crippen LogP contribution in [0, 0.1) is 13.8 Å². The summed E-state index contributed by atoms with van der Waals surface area (Å²) in [4.78, 5) is 13.5. The summed E-state index contributed by atoms with van der Waals surface area (Å²) in [5, 5.41) is 2.97. The molecule has 24 heavy (non-hydrogen) atoms. The molecule has 1 amide bonds. The first-order chi connectivity index (χ1) is 11.6. The van der Waals surface area contributed by atoms with Crippen LogP contribution in [0.15, 0.2) is 53.4 Å². The second-order valence-electron chi connectivity index (χ2n) is 5.79. The van der Waals surface area contributed by atoms with Crippen LogP contribution in [0.5, 0.6) is 5.75 Å². The fraction of sp³-hybridized carbons (Fsp3) is 0.350. The van der Waals surface area contributed by atoms with Gasteiger partial charge in [0.25, 0.3) is 5.91 Å². The maximum Gasteiger partial charge on any atom is 0.261 e. The number of carbonyl (C=O) groups is 1. The molecule has 1 N–H and O–H groups in total. The van der Waals surface area contributed by atoms with Crippen LogP contribution >= 0.6 is 11.8 Å². The molecule has 1 atom stereocenters. The fourth-order valence-electron chi connectivity index (χ4n) is 2.46. The molecule has 2 rings (SSSR count). The molecule has 0 aromatic heterocycles. The number of nitrogens with one attached hydrogen (secondary N) is 1. The number of hydrogen-bond donors (Lipinski definition) is 1. The van der Waals surface area contributed by atoms with Crippen molar-refractivity contribution in [1.82, 2.24) is 5.32 Å². The lowest BCUT2D eigenvalue weighted by Gasteiger charge is -2.18. The van der Waals surface area contributed by atoms with Crippen molar-refractivity contribution in [2.24, 2.45) is 0 Å². The zero-order valence-corrected chi connectivity index (χ0v) is 15.4. The van der Waals surface area contributed by atoms with Crippen molar-refractivity contribution in [3.8, 4) is 5.75 Å². The van der Waals surface area contributed by atoms with Crippen LogP contribution in [0.2, 0.25) is 0 Å². The minimum absolute atomic E-state index is 0.0506. The standard InChI is InChI=1S/C20H25NO2S/c1-4-19(23-17-13-15(2)12-16(3)14-17)20(22)21-10-11-24-18-8-6-5-7-9-18/h5-9,12-14,19H,4,10-11H2,1-3H3,(H,21,22)/t19-/m1/s1. The summed E-state index contributed by atoms with van der Waals surface area (Å²) < 4.78 is 5.88. The predicted molar refractivity (Wildman–Crippen MR) is 101 cm³/mol. The van der Waals surface area contributed by atoms with E-state index in [0.29, 0.717) is 13.0 Å². The van der Waals surface area contributed by atoms with Crippen molar-refractivity contribution in [2.75, 3.05) is 12.3 Å². The Hall–Kier alpha value is -1.94. The third-order valence-corrected chi connectivity index (χ3v) is 4.56. The molecule has 0 heterocycles. The minimum Gasteiger partial charge on any atom is -0.481 e. The third-order valence-electron chi connectivity index (χ3n) is 3.55. The van der Waals surface area contributed by atoms with Gasteiger partial charge in [-0.1, -0.05) is 31.2 Å². The maximum absolute atomic E-state index is 12.3. The van der Waals surface area contributed by atoms with E-state index in [-0.39, 0.29) is 5.91 Å². The first kappa shape index (κ1) is 18.4. The Balaban J connectivity index is 1.80. The van der Waals surface area contributed by atoms with Crippen LogP contribution < -0.4 is 10.1 Å². The van der Waals surface area contributed by atoms with E-state index in [4.69, 9.17) is 4.74 Å². The molecular formula is C20H25NO2S. The molecule has 2 aromatic carbocycles. The molecule has 0 spiro atoms. The molecule has 3 nitrogen and oxygen atoms in total. The van der Waals surface area contributed by atoms with Crippen LogP contribution in [0.4, 0.5) is 0 Å². The number of amides is 1. The summed E-state index contributed by atoms with van der Waals surface area (Å²) in [5.41, 5.74) is 2.28. The third kappa shape index (κ3) is 5.93. The van der Waals surface area contributed by atoms with Crippen LogP contribution in [0.1, 0.15) is 24.5 Å². The number of carbonyl (C=O) groups excluding carboxylic acids is 1. The lowest BCUT2D eigenvalue weighted by Crippen LogP contribution is -2.39. The molecule has 0 aliphatic rings. The van der Waals surface area contributed by atoms with Gasteiger partial charge < -0.3 is 10.1 Å². The molecule has 0 aliphatic carbocycles. The second kappa shape index (κ2) is 9.38. The van der Waals surface area contributed by atoms with E-state index in [0.717, 1.165) is 22.6 Å². The molecule has 0 bridgehead atoms. The summed E-state index contributed by atoms with van der Waals surface area (Å²) in [5.74, 6) is 1.55. The van der Waals surface area contributed by atoms with E-state index in [2.05, 4.69) is 23.5 Å². The molecule has 0 saturated carbocycles. The Kier molecular flexibility index (Phi) is 7.19. The smallest absolute Gasteiger partial charge is 0.261 e. The monoisotopic (exact) mass is 343 g/mol. The average Bonchev–Trinajstić information content (AvgIpc) is 2.56. The van der Waals surface area contributed by atoms with Gasteiger partial charge in [-0.3, -0.25) is 4.79 Å². The van der Waals surface area contributed by atoms with E-state index in [1.807, 2.05) is 51.1 Å². The van der Waals surface area contributed by atoms with E-state index in [1.54, 1.807) is 11.8 Å². The molecular weight excluding hydrogens is 318 g/mol. The van der Waals surface area contributed by atoms with Crippen LogP contribution in [-0.4, -0.2) is 24.3 Å². The molecule has 2 aromatic rings. The van der Waals surface area contributed by atoms with E-state index in [1.165, 1.54) is 4.90 Å². The van der Waals surface area contributed by atoms with Gasteiger partial charge in [-0.25, -0.2) is 0 Å². The lowest BCUT2D eigenvalue weighted by atomic mass is 10.1. The number of thioether (sulfide) groups is 1. The van der Waals surface area contributed by atoms with Crippen molar-refractivity contribution in [3.05, 3.63) is 59.7 Å². The number of aryl methyl sites for hydroxylation is 2. The average molecular weight is 343 g/mol. The zero-order chi connectivity index (χ0) is 17.4. The van der Waals surface area contributed by atoms with Gasteiger partial charge >= 0.3 is 0 Å². The van der Waals surface area contributed by atoms with Gasteiger partial charge in [0.05, 0.1) is 0 Å². The molecule has 0 radical (unpaired) electrons. The van der Waals surface area contributed by atoms with Gasteiger partial charge in [-0.2, -0.15) is 0 Å². The first-order valence-electron chi connectivity index (χ1n) is 8.29.